The smallest absolute Gasteiger partial charge is 0.173 e. The van der Waals surface area contributed by atoms with Crippen molar-refractivity contribution < 1.29 is 0 Å². The number of hydrogen-bond acceptors (Lipinski definition) is 7. The van der Waals surface area contributed by atoms with Crippen LogP contribution in [0.5, 0.6) is 0 Å². The van der Waals surface area contributed by atoms with Crippen molar-refractivity contribution in [2.75, 3.05) is 5.43 Å². The molecule has 3 rings (SSSR count). The molecule has 7 heteroatoms. The van der Waals surface area contributed by atoms with Crippen LogP contribution in [0.2, 0.25) is 0 Å². The Kier molecular flexibility index (Phi) is 2.50. The first-order valence-electron chi connectivity index (χ1n) is 4.71. The molecule has 0 unspecified atom stereocenters. The SMILES string of the molecule is NNc1nc(-c2cncs2)nc2c1CSC2. The Morgan fingerprint density at radius 3 is 3.00 bits per heavy atom. The van der Waals surface area contributed by atoms with Gasteiger partial charge in [-0.1, -0.05) is 0 Å². The fourth-order valence-electron chi connectivity index (χ4n) is 1.61. The number of nitrogen functional groups attached to an aromatic ring is 1. The van der Waals surface area contributed by atoms with Crippen LogP contribution in [-0.2, 0) is 11.5 Å². The molecule has 1 aliphatic rings. The minimum Gasteiger partial charge on any atom is -0.308 e. The number of anilines is 1. The molecule has 0 saturated carbocycles. The Hall–Kier alpha value is -1.18. The van der Waals surface area contributed by atoms with Crippen LogP contribution in [0.15, 0.2) is 11.7 Å². The predicted molar refractivity (Wildman–Crippen MR) is 65.9 cm³/mol. The summed E-state index contributed by atoms with van der Waals surface area (Å²) in [6.07, 6.45) is 1.77. The molecule has 2 aromatic heterocycles. The molecule has 82 valence electrons. The molecule has 1 aliphatic heterocycles. The molecule has 0 aliphatic carbocycles. The van der Waals surface area contributed by atoms with Gasteiger partial charge in [-0.15, -0.1) is 11.3 Å². The van der Waals surface area contributed by atoms with Crippen LogP contribution in [0.3, 0.4) is 0 Å². The van der Waals surface area contributed by atoms with Crippen LogP contribution in [0.25, 0.3) is 10.7 Å². The highest BCUT2D eigenvalue weighted by atomic mass is 32.2. The highest BCUT2D eigenvalue weighted by Crippen LogP contribution is 2.34. The van der Waals surface area contributed by atoms with E-state index in [-0.39, 0.29) is 0 Å². The van der Waals surface area contributed by atoms with Crippen molar-refractivity contribution in [2.45, 2.75) is 11.5 Å². The van der Waals surface area contributed by atoms with Gasteiger partial charge in [0.15, 0.2) is 5.82 Å². The molecule has 16 heavy (non-hydrogen) atoms. The summed E-state index contributed by atoms with van der Waals surface area (Å²) >= 11 is 3.36. The fourth-order valence-corrected chi connectivity index (χ4v) is 3.20. The van der Waals surface area contributed by atoms with E-state index in [4.69, 9.17) is 5.84 Å². The maximum Gasteiger partial charge on any atom is 0.173 e. The van der Waals surface area contributed by atoms with Gasteiger partial charge in [0.1, 0.15) is 5.82 Å². The number of hydrogen-bond donors (Lipinski definition) is 2. The first kappa shape index (κ1) is 10.0. The van der Waals surface area contributed by atoms with Gasteiger partial charge in [-0.25, -0.2) is 15.8 Å². The lowest BCUT2D eigenvalue weighted by molar-refractivity contribution is 1.06. The highest BCUT2D eigenvalue weighted by Gasteiger charge is 2.20. The molecule has 0 spiro atoms. The van der Waals surface area contributed by atoms with Crippen molar-refractivity contribution in [3.8, 4) is 10.7 Å². The number of fused-ring (bicyclic) bond motifs is 1. The second kappa shape index (κ2) is 4.00. The average Bonchev–Trinajstić information content (AvgIpc) is 2.97. The third-order valence-corrected chi connectivity index (χ3v) is 4.11. The number of nitrogens with one attached hydrogen (secondary N) is 1. The third-order valence-electron chi connectivity index (χ3n) is 2.37. The first-order valence-corrected chi connectivity index (χ1v) is 6.75. The maximum atomic E-state index is 5.48. The van der Waals surface area contributed by atoms with E-state index in [1.165, 1.54) is 11.3 Å². The monoisotopic (exact) mass is 251 g/mol. The summed E-state index contributed by atoms with van der Waals surface area (Å²) in [5.41, 5.74) is 6.63. The van der Waals surface area contributed by atoms with E-state index in [9.17, 15) is 0 Å². The average molecular weight is 251 g/mol. The molecule has 0 amide bonds. The zero-order chi connectivity index (χ0) is 11.0. The molecule has 5 nitrogen and oxygen atoms in total. The molecule has 0 radical (unpaired) electrons. The number of thiazole rings is 1. The fraction of sp³-hybridized carbons (Fsp3) is 0.222. The Balaban J connectivity index is 2.15. The van der Waals surface area contributed by atoms with Crippen molar-refractivity contribution in [3.63, 3.8) is 0 Å². The molecule has 0 fully saturated rings. The minimum atomic E-state index is 0.705. The Bertz CT molecular complexity index is 511. The summed E-state index contributed by atoms with van der Waals surface area (Å²) < 4.78 is 0. The number of rotatable bonds is 2. The molecule has 0 saturated heterocycles. The van der Waals surface area contributed by atoms with Gasteiger partial charge in [0.2, 0.25) is 0 Å². The molecular formula is C9H9N5S2. The summed E-state index contributed by atoms with van der Waals surface area (Å²) in [7, 11) is 0. The highest BCUT2D eigenvalue weighted by molar-refractivity contribution is 7.98. The quantitative estimate of drug-likeness (QED) is 0.624. The summed E-state index contributed by atoms with van der Waals surface area (Å²) in [4.78, 5) is 14.0. The van der Waals surface area contributed by atoms with E-state index in [1.54, 1.807) is 11.7 Å². The van der Waals surface area contributed by atoms with Gasteiger partial charge in [0, 0.05) is 23.3 Å². The molecular weight excluding hydrogens is 242 g/mol. The Labute approximate surface area is 100 Å². The lowest BCUT2D eigenvalue weighted by Crippen LogP contribution is -2.12. The lowest BCUT2D eigenvalue weighted by Gasteiger charge is -2.07. The van der Waals surface area contributed by atoms with Crippen LogP contribution in [0.1, 0.15) is 11.3 Å². The van der Waals surface area contributed by atoms with Gasteiger partial charge in [-0.2, -0.15) is 11.8 Å². The second-order valence-electron chi connectivity index (χ2n) is 3.32. The summed E-state index contributed by atoms with van der Waals surface area (Å²) in [5.74, 6) is 8.78. The summed E-state index contributed by atoms with van der Waals surface area (Å²) in [6.45, 7) is 0. The Morgan fingerprint density at radius 2 is 2.25 bits per heavy atom. The molecule has 2 aromatic rings. The van der Waals surface area contributed by atoms with Crippen molar-refractivity contribution in [2.24, 2.45) is 5.84 Å². The van der Waals surface area contributed by atoms with E-state index in [0.717, 1.165) is 33.5 Å². The van der Waals surface area contributed by atoms with Crippen molar-refractivity contribution in [1.29, 1.82) is 0 Å². The third kappa shape index (κ3) is 1.57. The molecule has 3 N–H and O–H groups in total. The largest absolute Gasteiger partial charge is 0.308 e. The summed E-state index contributed by atoms with van der Waals surface area (Å²) in [5, 5.41) is 0. The van der Waals surface area contributed by atoms with E-state index < -0.39 is 0 Å². The van der Waals surface area contributed by atoms with Crippen LogP contribution < -0.4 is 11.3 Å². The maximum absolute atomic E-state index is 5.48. The van der Waals surface area contributed by atoms with Gasteiger partial charge >= 0.3 is 0 Å². The molecule has 3 heterocycles. The van der Waals surface area contributed by atoms with Crippen LogP contribution in [0, 0.1) is 0 Å². The van der Waals surface area contributed by atoms with Crippen molar-refractivity contribution in [3.05, 3.63) is 23.0 Å². The standard InChI is InChI=1S/C9H9N5S2/c10-14-8-5-2-15-3-6(5)12-9(13-8)7-1-11-4-16-7/h1,4H,2-3,10H2,(H,12,13,14). The van der Waals surface area contributed by atoms with Crippen LogP contribution in [-0.4, -0.2) is 15.0 Å². The predicted octanol–water partition coefficient (Wildman–Crippen LogP) is 1.63. The van der Waals surface area contributed by atoms with E-state index in [1.807, 2.05) is 11.8 Å². The lowest BCUT2D eigenvalue weighted by atomic mass is 10.2. The van der Waals surface area contributed by atoms with E-state index in [2.05, 4.69) is 20.4 Å². The van der Waals surface area contributed by atoms with Gasteiger partial charge < -0.3 is 5.43 Å². The topological polar surface area (TPSA) is 76.7 Å². The number of thioether (sulfide) groups is 1. The van der Waals surface area contributed by atoms with E-state index >= 15 is 0 Å². The normalized spacial score (nSPS) is 13.8. The second-order valence-corrected chi connectivity index (χ2v) is 5.20. The van der Waals surface area contributed by atoms with Crippen LogP contribution >= 0.6 is 23.1 Å². The molecule has 0 aromatic carbocycles. The molecule has 0 bridgehead atoms. The van der Waals surface area contributed by atoms with Gasteiger partial charge in [0.05, 0.1) is 16.1 Å². The van der Waals surface area contributed by atoms with Gasteiger partial charge in [0.25, 0.3) is 0 Å². The zero-order valence-electron chi connectivity index (χ0n) is 8.30. The summed E-state index contributed by atoms with van der Waals surface area (Å²) in [6, 6.07) is 0. The van der Waals surface area contributed by atoms with Crippen molar-refractivity contribution >= 4 is 28.9 Å². The zero-order valence-corrected chi connectivity index (χ0v) is 9.94. The first-order chi connectivity index (χ1) is 7.88. The number of nitrogens with zero attached hydrogens (tertiary/aromatic N) is 3. The number of hydrazine groups is 1. The number of aromatic nitrogens is 3. The van der Waals surface area contributed by atoms with Crippen LogP contribution in [0.4, 0.5) is 5.82 Å². The van der Waals surface area contributed by atoms with Gasteiger partial charge in [-0.3, -0.25) is 4.98 Å². The van der Waals surface area contributed by atoms with E-state index in [0.29, 0.717) is 5.82 Å². The Morgan fingerprint density at radius 1 is 1.31 bits per heavy atom. The number of nitrogens with two attached hydrogens (primary N) is 1. The van der Waals surface area contributed by atoms with Gasteiger partial charge in [-0.05, 0) is 0 Å². The van der Waals surface area contributed by atoms with Crippen molar-refractivity contribution in [1.82, 2.24) is 15.0 Å². The minimum absolute atomic E-state index is 0.705. The molecule has 0 atom stereocenters.